The van der Waals surface area contributed by atoms with Gasteiger partial charge in [-0.3, -0.25) is 4.79 Å². The lowest BCUT2D eigenvalue weighted by molar-refractivity contribution is -0.233. The maximum Gasteiger partial charge on any atom is 0.302 e. The van der Waals surface area contributed by atoms with Crippen molar-refractivity contribution in [1.82, 2.24) is 0 Å². The zero-order valence-corrected chi connectivity index (χ0v) is 9.04. The second-order valence-corrected chi connectivity index (χ2v) is 3.63. The smallest absolute Gasteiger partial charge is 0.302 e. The first-order valence-electron chi connectivity index (χ1n) is 4.89. The molecule has 0 N–H and O–H groups in total. The molecule has 1 aliphatic rings. The van der Waals surface area contributed by atoms with E-state index in [1.807, 2.05) is 0 Å². The van der Waals surface area contributed by atoms with E-state index in [1.54, 1.807) is 14.2 Å². The summed E-state index contributed by atoms with van der Waals surface area (Å²) in [5, 5.41) is 0. The van der Waals surface area contributed by atoms with Crippen LogP contribution in [0.3, 0.4) is 0 Å². The number of carbonyl (C=O) groups excluding carboxylic acids is 1. The topological polar surface area (TPSA) is 44.8 Å². The highest BCUT2D eigenvalue weighted by Crippen LogP contribution is 2.32. The van der Waals surface area contributed by atoms with Gasteiger partial charge < -0.3 is 14.2 Å². The summed E-state index contributed by atoms with van der Waals surface area (Å²) in [5.74, 6) is -0.672. The Hall–Kier alpha value is -0.610. The van der Waals surface area contributed by atoms with Gasteiger partial charge in [-0.05, 0) is 12.8 Å². The van der Waals surface area contributed by atoms with Crippen LogP contribution in [0.1, 0.15) is 32.6 Å². The third-order valence-corrected chi connectivity index (χ3v) is 2.77. The summed E-state index contributed by atoms with van der Waals surface area (Å²) < 4.78 is 15.8. The molecule has 4 heteroatoms. The molecule has 0 aromatic rings. The Morgan fingerprint density at radius 2 is 1.71 bits per heavy atom. The molecule has 14 heavy (non-hydrogen) atoms. The Morgan fingerprint density at radius 3 is 2.07 bits per heavy atom. The number of methoxy groups -OCH3 is 2. The third-order valence-electron chi connectivity index (χ3n) is 2.77. The average molecular weight is 202 g/mol. The van der Waals surface area contributed by atoms with Crippen LogP contribution < -0.4 is 0 Å². The SMILES string of the molecule is COC1(OC)CCC(OC(C)=O)CC1. The molecular formula is C10H18O4. The first-order valence-corrected chi connectivity index (χ1v) is 4.89. The largest absolute Gasteiger partial charge is 0.463 e. The predicted molar refractivity (Wildman–Crippen MR) is 50.8 cm³/mol. The fourth-order valence-electron chi connectivity index (χ4n) is 1.88. The minimum Gasteiger partial charge on any atom is -0.463 e. The highest BCUT2D eigenvalue weighted by molar-refractivity contribution is 5.66. The molecule has 1 rings (SSSR count). The molecule has 0 bridgehead atoms. The van der Waals surface area contributed by atoms with Crippen molar-refractivity contribution in [3.63, 3.8) is 0 Å². The molecule has 0 atom stereocenters. The van der Waals surface area contributed by atoms with Crippen molar-refractivity contribution in [1.29, 1.82) is 0 Å². The first kappa shape index (κ1) is 11.5. The normalized spacial score (nSPS) is 21.9. The molecular weight excluding hydrogens is 184 g/mol. The highest BCUT2D eigenvalue weighted by Gasteiger charge is 2.36. The molecule has 0 aromatic carbocycles. The molecule has 0 spiro atoms. The molecule has 1 aliphatic carbocycles. The first-order chi connectivity index (χ1) is 6.62. The molecule has 1 fully saturated rings. The molecule has 0 unspecified atom stereocenters. The predicted octanol–water partition coefficient (Wildman–Crippen LogP) is 1.48. The van der Waals surface area contributed by atoms with E-state index in [1.165, 1.54) is 6.92 Å². The minimum absolute atomic E-state index is 0.0333. The van der Waals surface area contributed by atoms with Crippen LogP contribution in [0.25, 0.3) is 0 Å². The molecule has 82 valence electrons. The van der Waals surface area contributed by atoms with Crippen LogP contribution in [0.2, 0.25) is 0 Å². The van der Waals surface area contributed by atoms with Gasteiger partial charge in [-0.1, -0.05) is 0 Å². The second kappa shape index (κ2) is 4.75. The van der Waals surface area contributed by atoms with E-state index in [0.717, 1.165) is 25.7 Å². The summed E-state index contributed by atoms with van der Waals surface area (Å²) in [5.41, 5.74) is 0. The summed E-state index contributed by atoms with van der Waals surface area (Å²) in [4.78, 5) is 10.7. The Balaban J connectivity index is 2.40. The van der Waals surface area contributed by atoms with Crippen LogP contribution in [0, 0.1) is 0 Å². The lowest BCUT2D eigenvalue weighted by atomic mass is 9.91. The van der Waals surface area contributed by atoms with Crippen molar-refractivity contribution >= 4 is 5.97 Å². The highest BCUT2D eigenvalue weighted by atomic mass is 16.7. The Bertz CT molecular complexity index is 188. The summed E-state index contributed by atoms with van der Waals surface area (Å²) in [6.45, 7) is 1.44. The van der Waals surface area contributed by atoms with Gasteiger partial charge >= 0.3 is 5.97 Å². The van der Waals surface area contributed by atoms with Gasteiger partial charge in [-0.2, -0.15) is 0 Å². The van der Waals surface area contributed by atoms with Crippen LogP contribution in [-0.4, -0.2) is 32.1 Å². The molecule has 0 amide bonds. The van der Waals surface area contributed by atoms with Gasteiger partial charge in [-0.15, -0.1) is 0 Å². The van der Waals surface area contributed by atoms with Crippen LogP contribution in [0.15, 0.2) is 0 Å². The van der Waals surface area contributed by atoms with Crippen LogP contribution in [-0.2, 0) is 19.0 Å². The molecule has 1 saturated carbocycles. The lowest BCUT2D eigenvalue weighted by Gasteiger charge is -2.37. The fraction of sp³-hybridized carbons (Fsp3) is 0.900. The van der Waals surface area contributed by atoms with E-state index in [9.17, 15) is 4.79 Å². The van der Waals surface area contributed by atoms with Crippen molar-refractivity contribution in [3.05, 3.63) is 0 Å². The Kier molecular flexibility index (Phi) is 3.89. The van der Waals surface area contributed by atoms with Gasteiger partial charge in [-0.25, -0.2) is 0 Å². The number of hydrogen-bond acceptors (Lipinski definition) is 4. The van der Waals surface area contributed by atoms with E-state index in [2.05, 4.69) is 0 Å². The van der Waals surface area contributed by atoms with Crippen molar-refractivity contribution in [2.75, 3.05) is 14.2 Å². The van der Waals surface area contributed by atoms with E-state index >= 15 is 0 Å². The Morgan fingerprint density at radius 1 is 1.21 bits per heavy atom. The zero-order chi connectivity index (χ0) is 10.6. The number of hydrogen-bond donors (Lipinski definition) is 0. The molecule has 0 aromatic heterocycles. The van der Waals surface area contributed by atoms with Crippen LogP contribution in [0.4, 0.5) is 0 Å². The van der Waals surface area contributed by atoms with Gasteiger partial charge in [0, 0.05) is 34.0 Å². The van der Waals surface area contributed by atoms with E-state index < -0.39 is 5.79 Å². The number of ether oxygens (including phenoxy) is 3. The van der Waals surface area contributed by atoms with E-state index in [4.69, 9.17) is 14.2 Å². The van der Waals surface area contributed by atoms with E-state index in [-0.39, 0.29) is 12.1 Å². The van der Waals surface area contributed by atoms with Crippen molar-refractivity contribution < 1.29 is 19.0 Å². The Labute approximate surface area is 84.5 Å². The van der Waals surface area contributed by atoms with Crippen molar-refractivity contribution in [2.24, 2.45) is 0 Å². The van der Waals surface area contributed by atoms with Crippen LogP contribution in [0.5, 0.6) is 0 Å². The quantitative estimate of drug-likeness (QED) is 0.513. The third kappa shape index (κ3) is 2.69. The molecule has 0 aliphatic heterocycles. The number of carbonyl (C=O) groups is 1. The van der Waals surface area contributed by atoms with Gasteiger partial charge in [0.2, 0.25) is 0 Å². The number of esters is 1. The average Bonchev–Trinajstić information content (AvgIpc) is 2.19. The fourth-order valence-corrected chi connectivity index (χ4v) is 1.88. The molecule has 0 saturated heterocycles. The number of rotatable bonds is 3. The maximum atomic E-state index is 10.7. The lowest BCUT2D eigenvalue weighted by Crippen LogP contribution is -2.40. The van der Waals surface area contributed by atoms with Crippen molar-refractivity contribution in [2.45, 2.75) is 44.5 Å². The maximum absolute atomic E-state index is 10.7. The van der Waals surface area contributed by atoms with Gasteiger partial charge in [0.25, 0.3) is 0 Å². The van der Waals surface area contributed by atoms with Crippen molar-refractivity contribution in [3.8, 4) is 0 Å². The minimum atomic E-state index is -0.462. The van der Waals surface area contributed by atoms with Crippen LogP contribution >= 0.6 is 0 Å². The van der Waals surface area contributed by atoms with Gasteiger partial charge in [0.1, 0.15) is 6.10 Å². The summed E-state index contributed by atoms with van der Waals surface area (Å²) in [6.07, 6.45) is 3.20. The second-order valence-electron chi connectivity index (χ2n) is 3.63. The molecule has 0 heterocycles. The van der Waals surface area contributed by atoms with Gasteiger partial charge in [0.05, 0.1) is 0 Å². The monoisotopic (exact) mass is 202 g/mol. The summed E-state index contributed by atoms with van der Waals surface area (Å²) in [7, 11) is 3.30. The summed E-state index contributed by atoms with van der Waals surface area (Å²) in [6, 6.07) is 0. The molecule has 0 radical (unpaired) electrons. The molecule has 4 nitrogen and oxygen atoms in total. The van der Waals surface area contributed by atoms with Gasteiger partial charge in [0.15, 0.2) is 5.79 Å². The summed E-state index contributed by atoms with van der Waals surface area (Å²) >= 11 is 0. The van der Waals surface area contributed by atoms with E-state index in [0.29, 0.717) is 0 Å². The zero-order valence-electron chi connectivity index (χ0n) is 9.04. The standard InChI is InChI=1S/C10H18O4/c1-8(11)14-9-4-6-10(12-2,13-3)7-5-9/h9H,4-7H2,1-3H3.